The summed E-state index contributed by atoms with van der Waals surface area (Å²) >= 11 is 5.47. The van der Waals surface area contributed by atoms with Crippen LogP contribution in [-0.4, -0.2) is 41.2 Å². The van der Waals surface area contributed by atoms with Crippen LogP contribution in [0.5, 0.6) is 5.88 Å². The highest BCUT2D eigenvalue weighted by Gasteiger charge is 2.14. The van der Waals surface area contributed by atoms with Crippen molar-refractivity contribution < 1.29 is 9.53 Å². The maximum Gasteiger partial charge on any atom is 0.420 e. The van der Waals surface area contributed by atoms with Crippen molar-refractivity contribution in [3.8, 4) is 5.88 Å². The minimum Gasteiger partial charge on any atom is -0.391 e. The van der Waals surface area contributed by atoms with Crippen molar-refractivity contribution in [1.82, 2.24) is 9.88 Å². The predicted octanol–water partition coefficient (Wildman–Crippen LogP) is 4.54. The molecule has 0 radical (unpaired) electrons. The fourth-order valence-corrected chi connectivity index (χ4v) is 2.79. The van der Waals surface area contributed by atoms with Crippen LogP contribution in [0.25, 0.3) is 0 Å². The van der Waals surface area contributed by atoms with E-state index in [9.17, 15) is 4.79 Å². The maximum atomic E-state index is 12.2. The van der Waals surface area contributed by atoms with Gasteiger partial charge in [0.25, 0.3) is 0 Å². The molecule has 6 nitrogen and oxygen atoms in total. The Bertz CT molecular complexity index is 731. The van der Waals surface area contributed by atoms with Crippen molar-refractivity contribution in [2.24, 2.45) is 0 Å². The average Bonchev–Trinajstić information content (AvgIpc) is 2.69. The van der Waals surface area contributed by atoms with Gasteiger partial charge >= 0.3 is 6.09 Å². The predicted molar refractivity (Wildman–Crippen MR) is 113 cm³/mol. The van der Waals surface area contributed by atoms with Crippen LogP contribution in [0.1, 0.15) is 26.7 Å². The molecular formula is C20H26N4O2S. The van der Waals surface area contributed by atoms with Gasteiger partial charge in [0.2, 0.25) is 5.88 Å². The molecule has 7 heteroatoms. The molecule has 0 unspecified atom stereocenters. The number of thiocarbonyl (C=S) groups is 1. The minimum atomic E-state index is -0.498. The molecule has 0 aliphatic rings. The first-order valence-corrected chi connectivity index (χ1v) is 9.48. The summed E-state index contributed by atoms with van der Waals surface area (Å²) in [5.74, 6) is 0.234. The number of nitrogens with one attached hydrogen (secondary N) is 1. The summed E-state index contributed by atoms with van der Waals surface area (Å²) in [4.78, 5) is 20.0. The number of aromatic nitrogens is 1. The van der Waals surface area contributed by atoms with E-state index in [-0.39, 0.29) is 5.88 Å². The number of para-hydroxylation sites is 1. The second-order valence-corrected chi connectivity index (χ2v) is 6.45. The Morgan fingerprint density at radius 3 is 2.33 bits per heavy atom. The van der Waals surface area contributed by atoms with Crippen LogP contribution in [0, 0.1) is 0 Å². The fraction of sp³-hybridized carbons (Fsp3) is 0.350. The van der Waals surface area contributed by atoms with Crippen LogP contribution in [0.3, 0.4) is 0 Å². The first-order valence-electron chi connectivity index (χ1n) is 9.07. The summed E-state index contributed by atoms with van der Waals surface area (Å²) in [6.07, 6.45) is 3.17. The quantitative estimate of drug-likeness (QED) is 0.705. The topological polar surface area (TPSA) is 57.7 Å². The summed E-state index contributed by atoms with van der Waals surface area (Å²) in [5.41, 5.74) is 1.51. The van der Waals surface area contributed by atoms with Gasteiger partial charge in [0.1, 0.15) is 0 Å². The third-order valence-electron chi connectivity index (χ3n) is 3.87. The number of benzene rings is 1. The van der Waals surface area contributed by atoms with Crippen LogP contribution in [-0.2, 0) is 0 Å². The van der Waals surface area contributed by atoms with E-state index in [0.717, 1.165) is 37.3 Å². The highest BCUT2D eigenvalue weighted by molar-refractivity contribution is 7.80. The van der Waals surface area contributed by atoms with Crippen molar-refractivity contribution >= 4 is 34.8 Å². The molecule has 0 spiro atoms. The van der Waals surface area contributed by atoms with Crippen LogP contribution in [0.15, 0.2) is 48.7 Å². The third kappa shape index (κ3) is 6.21. The lowest BCUT2D eigenvalue weighted by Gasteiger charge is -2.24. The first kappa shape index (κ1) is 20.6. The molecule has 0 aliphatic carbocycles. The van der Waals surface area contributed by atoms with Crippen molar-refractivity contribution in [3.05, 3.63) is 48.7 Å². The van der Waals surface area contributed by atoms with Gasteiger partial charge in [-0.3, -0.25) is 4.90 Å². The highest BCUT2D eigenvalue weighted by Crippen LogP contribution is 2.16. The van der Waals surface area contributed by atoms with Gasteiger partial charge in [-0.15, -0.1) is 0 Å². The van der Waals surface area contributed by atoms with E-state index < -0.39 is 6.09 Å². The minimum absolute atomic E-state index is 0.234. The molecule has 1 heterocycles. The Hall–Kier alpha value is -2.67. The van der Waals surface area contributed by atoms with Crippen molar-refractivity contribution in [3.63, 3.8) is 0 Å². The van der Waals surface area contributed by atoms with E-state index in [1.807, 2.05) is 30.3 Å². The average molecular weight is 387 g/mol. The van der Waals surface area contributed by atoms with Gasteiger partial charge in [0, 0.05) is 31.9 Å². The molecule has 0 saturated carbocycles. The molecule has 0 atom stereocenters. The molecule has 1 aromatic carbocycles. The smallest absolute Gasteiger partial charge is 0.391 e. The monoisotopic (exact) mass is 386 g/mol. The van der Waals surface area contributed by atoms with Gasteiger partial charge < -0.3 is 15.0 Å². The molecule has 1 N–H and O–H groups in total. The highest BCUT2D eigenvalue weighted by atomic mass is 32.1. The Labute approximate surface area is 166 Å². The molecule has 144 valence electrons. The number of pyridine rings is 1. The third-order valence-corrected chi connectivity index (χ3v) is 4.23. The summed E-state index contributed by atoms with van der Waals surface area (Å²) in [6, 6.07) is 12.7. The zero-order chi connectivity index (χ0) is 19.6. The molecule has 0 fully saturated rings. The van der Waals surface area contributed by atoms with E-state index in [2.05, 4.69) is 29.0 Å². The molecule has 1 aromatic heterocycles. The lowest BCUT2D eigenvalue weighted by atomic mass is 10.3. The second kappa shape index (κ2) is 10.5. The summed E-state index contributed by atoms with van der Waals surface area (Å²) < 4.78 is 5.32. The second-order valence-electron chi connectivity index (χ2n) is 6.06. The van der Waals surface area contributed by atoms with E-state index >= 15 is 0 Å². The van der Waals surface area contributed by atoms with Crippen molar-refractivity contribution in [2.45, 2.75) is 26.7 Å². The maximum absolute atomic E-state index is 12.2. The molecule has 2 aromatic rings. The molecule has 0 saturated heterocycles. The van der Waals surface area contributed by atoms with Gasteiger partial charge in [0.05, 0.1) is 11.9 Å². The summed E-state index contributed by atoms with van der Waals surface area (Å²) in [6.45, 7) is 6.08. The number of carbonyl (C=O) groups excluding carboxylic acids is 1. The number of hydrogen-bond acceptors (Lipinski definition) is 4. The first-order chi connectivity index (χ1) is 13.0. The number of amides is 1. The normalized spacial score (nSPS) is 10.2. The van der Waals surface area contributed by atoms with Crippen LogP contribution >= 0.6 is 12.2 Å². The van der Waals surface area contributed by atoms with E-state index in [0.29, 0.717) is 5.11 Å². The van der Waals surface area contributed by atoms with Crippen LogP contribution in [0.2, 0.25) is 0 Å². The van der Waals surface area contributed by atoms with Gasteiger partial charge in [-0.05, 0) is 43.3 Å². The molecule has 2 rings (SSSR count). The molecule has 0 bridgehead atoms. The van der Waals surface area contributed by atoms with Gasteiger partial charge in [-0.1, -0.05) is 32.0 Å². The largest absolute Gasteiger partial charge is 0.420 e. The van der Waals surface area contributed by atoms with Crippen LogP contribution < -0.4 is 15.0 Å². The number of rotatable bonds is 7. The van der Waals surface area contributed by atoms with E-state index in [1.165, 1.54) is 4.90 Å². The lowest BCUT2D eigenvalue weighted by molar-refractivity contribution is 0.207. The molecule has 0 aliphatic heterocycles. The molecule has 1 amide bonds. The fourth-order valence-electron chi connectivity index (χ4n) is 2.49. The molecular weight excluding hydrogens is 360 g/mol. The number of ether oxygens (including phenoxy) is 1. The van der Waals surface area contributed by atoms with Gasteiger partial charge in [-0.25, -0.2) is 9.78 Å². The number of anilines is 2. The summed E-state index contributed by atoms with van der Waals surface area (Å²) in [7, 11) is 1.65. The lowest BCUT2D eigenvalue weighted by Crippen LogP contribution is -2.35. The number of nitrogens with zero attached hydrogens (tertiary/aromatic N) is 3. The van der Waals surface area contributed by atoms with Gasteiger partial charge in [0.15, 0.2) is 5.11 Å². The van der Waals surface area contributed by atoms with E-state index in [4.69, 9.17) is 17.0 Å². The molecule has 27 heavy (non-hydrogen) atoms. The van der Waals surface area contributed by atoms with Crippen LogP contribution in [0.4, 0.5) is 16.2 Å². The Balaban J connectivity index is 1.94. The Kier molecular flexibility index (Phi) is 8.00. The van der Waals surface area contributed by atoms with Crippen molar-refractivity contribution in [2.75, 3.05) is 30.4 Å². The number of hydrogen-bond donors (Lipinski definition) is 1. The zero-order valence-corrected chi connectivity index (χ0v) is 16.8. The Morgan fingerprint density at radius 1 is 1.11 bits per heavy atom. The Morgan fingerprint density at radius 2 is 1.78 bits per heavy atom. The number of carbonyl (C=O) groups is 1. The van der Waals surface area contributed by atoms with E-state index in [1.54, 1.807) is 25.4 Å². The standard InChI is InChI=1S/C20H26N4O2S/c1-4-13-24(14-5-2)19(27)22-16-11-12-18(21-15-16)26-20(25)23(3)17-9-7-6-8-10-17/h6-12,15H,4-5,13-14H2,1-3H3,(H,22,27). The zero-order valence-electron chi connectivity index (χ0n) is 16.0. The SMILES string of the molecule is CCCN(CCC)C(=S)Nc1ccc(OC(=O)N(C)c2ccccc2)nc1. The summed E-state index contributed by atoms with van der Waals surface area (Å²) in [5, 5.41) is 3.86. The van der Waals surface area contributed by atoms with Crippen molar-refractivity contribution in [1.29, 1.82) is 0 Å². The van der Waals surface area contributed by atoms with Gasteiger partial charge in [-0.2, -0.15) is 0 Å².